The summed E-state index contributed by atoms with van der Waals surface area (Å²) in [5, 5.41) is 0. The van der Waals surface area contributed by atoms with Crippen molar-refractivity contribution in [1.29, 1.82) is 0 Å². The molecule has 0 saturated carbocycles. The van der Waals surface area contributed by atoms with Crippen molar-refractivity contribution in [2.24, 2.45) is 5.90 Å². The molecule has 78 valence electrons. The molecule has 0 aliphatic rings. The quantitative estimate of drug-likeness (QED) is 0.548. The van der Waals surface area contributed by atoms with E-state index in [1.807, 2.05) is 24.3 Å². The van der Waals surface area contributed by atoms with Crippen LogP contribution < -0.4 is 10.6 Å². The van der Waals surface area contributed by atoms with E-state index < -0.39 is 0 Å². The summed E-state index contributed by atoms with van der Waals surface area (Å²) in [5.41, 5.74) is 1.02. The van der Waals surface area contributed by atoms with Gasteiger partial charge in [-0.1, -0.05) is 12.1 Å². The molecule has 1 aromatic carbocycles. The molecule has 0 atom stereocenters. The van der Waals surface area contributed by atoms with Gasteiger partial charge in [-0.15, -0.1) is 0 Å². The van der Waals surface area contributed by atoms with E-state index in [4.69, 9.17) is 15.4 Å². The molecular weight excluding hydrogens is 182 g/mol. The second-order valence-corrected chi connectivity index (χ2v) is 2.80. The lowest BCUT2D eigenvalue weighted by Crippen LogP contribution is -2.04. The van der Waals surface area contributed by atoms with Crippen LogP contribution in [0.3, 0.4) is 0 Å². The normalized spacial score (nSPS) is 10.1. The molecule has 0 aromatic heterocycles. The number of benzene rings is 1. The average Bonchev–Trinajstić information content (AvgIpc) is 2.21. The summed E-state index contributed by atoms with van der Waals surface area (Å²) < 4.78 is 10.2. The lowest BCUT2D eigenvalue weighted by Gasteiger charge is -2.05. The summed E-state index contributed by atoms with van der Waals surface area (Å²) in [6.07, 6.45) is 0. The van der Waals surface area contributed by atoms with Gasteiger partial charge in [0.15, 0.2) is 0 Å². The van der Waals surface area contributed by atoms with Crippen LogP contribution >= 0.6 is 0 Å². The first kappa shape index (κ1) is 11.0. The maximum atomic E-state index is 5.38. The van der Waals surface area contributed by atoms with Gasteiger partial charge in [0, 0.05) is 7.11 Å². The third kappa shape index (κ3) is 3.74. The molecule has 1 rings (SSSR count). The van der Waals surface area contributed by atoms with Gasteiger partial charge in [0.1, 0.15) is 12.4 Å². The fraction of sp³-hybridized carbons (Fsp3) is 0.400. The van der Waals surface area contributed by atoms with Crippen molar-refractivity contribution in [3.05, 3.63) is 29.8 Å². The van der Waals surface area contributed by atoms with E-state index in [1.54, 1.807) is 7.11 Å². The van der Waals surface area contributed by atoms with Crippen molar-refractivity contribution >= 4 is 0 Å². The molecule has 0 fully saturated rings. The Labute approximate surface area is 83.5 Å². The highest BCUT2D eigenvalue weighted by Crippen LogP contribution is 2.12. The van der Waals surface area contributed by atoms with Crippen LogP contribution in [-0.4, -0.2) is 20.3 Å². The van der Waals surface area contributed by atoms with Crippen molar-refractivity contribution in [3.8, 4) is 5.75 Å². The van der Waals surface area contributed by atoms with Gasteiger partial charge in [-0.05, 0) is 17.7 Å². The van der Waals surface area contributed by atoms with Gasteiger partial charge in [0.2, 0.25) is 0 Å². The second-order valence-electron chi connectivity index (χ2n) is 2.80. The minimum atomic E-state index is 0.415. The first-order valence-electron chi connectivity index (χ1n) is 4.39. The predicted molar refractivity (Wildman–Crippen MR) is 52.8 cm³/mol. The highest BCUT2D eigenvalue weighted by molar-refractivity contribution is 5.26. The third-order valence-electron chi connectivity index (χ3n) is 1.73. The molecule has 0 unspecified atom stereocenters. The summed E-state index contributed by atoms with van der Waals surface area (Å²) in [5.74, 6) is 5.77. The van der Waals surface area contributed by atoms with Crippen LogP contribution in [-0.2, 0) is 16.2 Å². The van der Waals surface area contributed by atoms with Gasteiger partial charge in [0.25, 0.3) is 0 Å². The molecule has 4 nitrogen and oxygen atoms in total. The first-order valence-corrected chi connectivity index (χ1v) is 4.39. The first-order chi connectivity index (χ1) is 6.86. The number of rotatable bonds is 6. The highest BCUT2D eigenvalue weighted by Gasteiger charge is 1.94. The van der Waals surface area contributed by atoms with Crippen LogP contribution in [0.1, 0.15) is 5.56 Å². The maximum Gasteiger partial charge on any atom is 0.119 e. The molecule has 0 spiro atoms. The Hall–Kier alpha value is -1.10. The van der Waals surface area contributed by atoms with Crippen molar-refractivity contribution in [2.75, 3.05) is 20.3 Å². The van der Waals surface area contributed by atoms with Crippen LogP contribution in [0.5, 0.6) is 5.75 Å². The monoisotopic (exact) mass is 197 g/mol. The maximum absolute atomic E-state index is 5.38. The lowest BCUT2D eigenvalue weighted by atomic mass is 10.2. The van der Waals surface area contributed by atoms with Crippen LogP contribution in [0, 0.1) is 0 Å². The molecule has 0 radical (unpaired) electrons. The number of nitrogens with two attached hydrogens (primary N) is 1. The van der Waals surface area contributed by atoms with Gasteiger partial charge in [-0.25, -0.2) is 5.90 Å². The van der Waals surface area contributed by atoms with Gasteiger partial charge in [-0.3, -0.25) is 4.84 Å². The van der Waals surface area contributed by atoms with Crippen LogP contribution in [0.15, 0.2) is 24.3 Å². The van der Waals surface area contributed by atoms with E-state index in [0.717, 1.165) is 11.3 Å². The minimum Gasteiger partial charge on any atom is -0.491 e. The Morgan fingerprint density at radius 1 is 1.14 bits per heavy atom. The van der Waals surface area contributed by atoms with E-state index in [1.165, 1.54) is 0 Å². The van der Waals surface area contributed by atoms with Crippen molar-refractivity contribution in [2.45, 2.75) is 6.61 Å². The third-order valence-corrected chi connectivity index (χ3v) is 1.73. The topological polar surface area (TPSA) is 53.7 Å². The molecule has 2 N–H and O–H groups in total. The standard InChI is InChI=1S/C10H15NO3/c1-12-6-7-13-10-4-2-9(3-5-10)8-14-11/h2-5H,6-8,11H2,1H3. The molecule has 0 heterocycles. The lowest BCUT2D eigenvalue weighted by molar-refractivity contribution is 0.124. The van der Waals surface area contributed by atoms with Gasteiger partial charge in [-0.2, -0.15) is 0 Å². The zero-order valence-electron chi connectivity index (χ0n) is 8.23. The Balaban J connectivity index is 2.38. The average molecular weight is 197 g/mol. The SMILES string of the molecule is COCCOc1ccc(CON)cc1. The number of hydrogen-bond donors (Lipinski definition) is 1. The molecule has 14 heavy (non-hydrogen) atoms. The summed E-state index contributed by atoms with van der Waals surface area (Å²) in [6.45, 7) is 1.56. The summed E-state index contributed by atoms with van der Waals surface area (Å²) >= 11 is 0. The fourth-order valence-corrected chi connectivity index (χ4v) is 1.02. The number of methoxy groups -OCH3 is 1. The van der Waals surface area contributed by atoms with Crippen LogP contribution in [0.2, 0.25) is 0 Å². The van der Waals surface area contributed by atoms with Gasteiger partial charge >= 0.3 is 0 Å². The highest BCUT2D eigenvalue weighted by atomic mass is 16.6. The summed E-state index contributed by atoms with van der Waals surface area (Å²) in [6, 6.07) is 7.58. The Bertz CT molecular complexity index is 248. The molecule has 1 aromatic rings. The van der Waals surface area contributed by atoms with E-state index in [-0.39, 0.29) is 0 Å². The Morgan fingerprint density at radius 3 is 2.43 bits per heavy atom. The van der Waals surface area contributed by atoms with Crippen molar-refractivity contribution < 1.29 is 14.3 Å². The molecule has 0 saturated heterocycles. The largest absolute Gasteiger partial charge is 0.491 e. The van der Waals surface area contributed by atoms with Crippen molar-refractivity contribution in [3.63, 3.8) is 0 Å². The number of hydrogen-bond acceptors (Lipinski definition) is 4. The number of ether oxygens (including phenoxy) is 2. The van der Waals surface area contributed by atoms with Crippen LogP contribution in [0.4, 0.5) is 0 Å². The molecular formula is C10H15NO3. The second kappa shape index (κ2) is 6.37. The molecule has 0 bridgehead atoms. The van der Waals surface area contributed by atoms with Crippen LogP contribution in [0.25, 0.3) is 0 Å². The molecule has 4 heteroatoms. The van der Waals surface area contributed by atoms with E-state index >= 15 is 0 Å². The Morgan fingerprint density at radius 2 is 1.86 bits per heavy atom. The molecule has 0 amide bonds. The van der Waals surface area contributed by atoms with E-state index in [9.17, 15) is 0 Å². The van der Waals surface area contributed by atoms with Crippen molar-refractivity contribution in [1.82, 2.24) is 0 Å². The Kier molecular flexibility index (Phi) is 4.99. The molecule has 0 aliphatic heterocycles. The summed E-state index contributed by atoms with van der Waals surface area (Å²) in [7, 11) is 1.64. The van der Waals surface area contributed by atoms with E-state index in [0.29, 0.717) is 19.8 Å². The zero-order chi connectivity index (χ0) is 10.2. The predicted octanol–water partition coefficient (Wildman–Crippen LogP) is 1.10. The van der Waals surface area contributed by atoms with Gasteiger partial charge in [0.05, 0.1) is 13.2 Å². The van der Waals surface area contributed by atoms with E-state index in [2.05, 4.69) is 4.84 Å². The molecule has 0 aliphatic carbocycles. The smallest absolute Gasteiger partial charge is 0.119 e. The minimum absolute atomic E-state index is 0.415. The fourth-order valence-electron chi connectivity index (χ4n) is 1.02. The zero-order valence-corrected chi connectivity index (χ0v) is 8.23. The summed E-state index contributed by atoms with van der Waals surface area (Å²) in [4.78, 5) is 4.51. The van der Waals surface area contributed by atoms with Gasteiger partial charge < -0.3 is 9.47 Å².